The van der Waals surface area contributed by atoms with E-state index in [1.54, 1.807) is 7.11 Å². The molecule has 0 N–H and O–H groups in total. The van der Waals surface area contributed by atoms with E-state index in [4.69, 9.17) is 9.47 Å². The van der Waals surface area contributed by atoms with Gasteiger partial charge in [-0.05, 0) is 41.9 Å². The quantitative estimate of drug-likeness (QED) is 0.775. The SMILES string of the molecule is COC(=O)CC1CCSc2ccc(OC)cc21. The van der Waals surface area contributed by atoms with Gasteiger partial charge in [0.15, 0.2) is 0 Å². The molecular formula is C13H16O3S. The van der Waals surface area contributed by atoms with Crippen molar-refractivity contribution in [1.29, 1.82) is 0 Å². The minimum absolute atomic E-state index is 0.143. The molecule has 17 heavy (non-hydrogen) atoms. The molecule has 2 rings (SSSR count). The van der Waals surface area contributed by atoms with Gasteiger partial charge < -0.3 is 9.47 Å². The number of methoxy groups -OCH3 is 2. The van der Waals surface area contributed by atoms with Crippen LogP contribution in [0.4, 0.5) is 0 Å². The molecular weight excluding hydrogens is 236 g/mol. The zero-order valence-electron chi connectivity index (χ0n) is 10.1. The summed E-state index contributed by atoms with van der Waals surface area (Å²) >= 11 is 1.84. The number of carbonyl (C=O) groups excluding carboxylic acids is 1. The maximum absolute atomic E-state index is 11.4. The number of hydrogen-bond acceptors (Lipinski definition) is 4. The van der Waals surface area contributed by atoms with Gasteiger partial charge in [0, 0.05) is 4.90 Å². The summed E-state index contributed by atoms with van der Waals surface area (Å²) in [5, 5.41) is 0. The molecule has 0 radical (unpaired) electrons. The largest absolute Gasteiger partial charge is 0.497 e. The highest BCUT2D eigenvalue weighted by Crippen LogP contribution is 2.40. The molecule has 0 fully saturated rings. The predicted molar refractivity (Wildman–Crippen MR) is 67.7 cm³/mol. The number of esters is 1. The number of ether oxygens (including phenoxy) is 2. The Morgan fingerprint density at radius 1 is 1.47 bits per heavy atom. The van der Waals surface area contributed by atoms with Crippen LogP contribution >= 0.6 is 11.8 Å². The molecule has 1 aromatic carbocycles. The van der Waals surface area contributed by atoms with E-state index >= 15 is 0 Å². The predicted octanol–water partition coefficient (Wildman–Crippen LogP) is 2.84. The van der Waals surface area contributed by atoms with Gasteiger partial charge in [-0.25, -0.2) is 0 Å². The maximum atomic E-state index is 11.4. The second-order valence-corrected chi connectivity index (χ2v) is 5.15. The molecule has 0 amide bonds. The van der Waals surface area contributed by atoms with E-state index in [0.29, 0.717) is 6.42 Å². The lowest BCUT2D eigenvalue weighted by molar-refractivity contribution is -0.141. The van der Waals surface area contributed by atoms with E-state index in [-0.39, 0.29) is 11.9 Å². The van der Waals surface area contributed by atoms with E-state index in [2.05, 4.69) is 6.07 Å². The van der Waals surface area contributed by atoms with Gasteiger partial charge in [0.05, 0.1) is 20.6 Å². The number of rotatable bonds is 3. The molecule has 0 spiro atoms. The van der Waals surface area contributed by atoms with Crippen molar-refractivity contribution in [3.63, 3.8) is 0 Å². The summed E-state index contributed by atoms with van der Waals surface area (Å²) in [6.07, 6.45) is 1.47. The van der Waals surface area contributed by atoms with Crippen molar-refractivity contribution in [2.75, 3.05) is 20.0 Å². The first-order valence-electron chi connectivity index (χ1n) is 5.62. The van der Waals surface area contributed by atoms with E-state index in [0.717, 1.165) is 17.9 Å². The van der Waals surface area contributed by atoms with Gasteiger partial charge in [0.25, 0.3) is 0 Å². The monoisotopic (exact) mass is 252 g/mol. The Morgan fingerprint density at radius 2 is 2.29 bits per heavy atom. The number of benzene rings is 1. The van der Waals surface area contributed by atoms with Gasteiger partial charge in [-0.3, -0.25) is 4.79 Å². The van der Waals surface area contributed by atoms with Gasteiger partial charge in [-0.1, -0.05) is 0 Å². The molecule has 0 saturated carbocycles. The highest BCUT2D eigenvalue weighted by molar-refractivity contribution is 7.99. The normalized spacial score (nSPS) is 18.4. The fourth-order valence-corrected chi connectivity index (χ4v) is 3.25. The second-order valence-electron chi connectivity index (χ2n) is 4.02. The minimum atomic E-state index is -0.143. The lowest BCUT2D eigenvalue weighted by atomic mass is 9.92. The lowest BCUT2D eigenvalue weighted by Crippen LogP contribution is -2.13. The van der Waals surface area contributed by atoms with Crippen LogP contribution in [-0.2, 0) is 9.53 Å². The summed E-state index contributed by atoms with van der Waals surface area (Å²) in [6.45, 7) is 0. The van der Waals surface area contributed by atoms with E-state index < -0.39 is 0 Å². The molecule has 92 valence electrons. The summed E-state index contributed by atoms with van der Waals surface area (Å²) in [4.78, 5) is 12.6. The van der Waals surface area contributed by atoms with Crippen molar-refractivity contribution in [2.24, 2.45) is 0 Å². The van der Waals surface area contributed by atoms with Crippen LogP contribution in [0.3, 0.4) is 0 Å². The summed E-state index contributed by atoms with van der Waals surface area (Å²) < 4.78 is 9.98. The molecule has 4 heteroatoms. The van der Waals surface area contributed by atoms with E-state index in [1.807, 2.05) is 23.9 Å². The van der Waals surface area contributed by atoms with Gasteiger partial charge >= 0.3 is 5.97 Å². The molecule has 1 aliphatic rings. The van der Waals surface area contributed by atoms with E-state index in [1.165, 1.54) is 17.6 Å². The number of thioether (sulfide) groups is 1. The van der Waals surface area contributed by atoms with Gasteiger partial charge in [-0.2, -0.15) is 0 Å². The van der Waals surface area contributed by atoms with Crippen molar-refractivity contribution < 1.29 is 14.3 Å². The Morgan fingerprint density at radius 3 is 3.00 bits per heavy atom. The average molecular weight is 252 g/mol. The van der Waals surface area contributed by atoms with Crippen molar-refractivity contribution >= 4 is 17.7 Å². The first-order valence-corrected chi connectivity index (χ1v) is 6.60. The maximum Gasteiger partial charge on any atom is 0.306 e. The molecule has 0 saturated heterocycles. The number of hydrogen-bond donors (Lipinski definition) is 0. The summed E-state index contributed by atoms with van der Waals surface area (Å²) in [6, 6.07) is 6.07. The fourth-order valence-electron chi connectivity index (χ4n) is 2.07. The fraction of sp³-hybridized carbons (Fsp3) is 0.462. The first kappa shape index (κ1) is 12.3. The minimum Gasteiger partial charge on any atom is -0.497 e. The molecule has 1 heterocycles. The smallest absolute Gasteiger partial charge is 0.306 e. The van der Waals surface area contributed by atoms with Crippen LogP contribution in [-0.4, -0.2) is 25.9 Å². The van der Waals surface area contributed by atoms with Crippen LogP contribution in [0.5, 0.6) is 5.75 Å². The molecule has 1 atom stereocenters. The second kappa shape index (κ2) is 5.45. The Kier molecular flexibility index (Phi) is 3.94. The van der Waals surface area contributed by atoms with Gasteiger partial charge in [-0.15, -0.1) is 11.8 Å². The van der Waals surface area contributed by atoms with Crippen LogP contribution in [0.25, 0.3) is 0 Å². The number of fused-ring (bicyclic) bond motifs is 1. The summed E-state index contributed by atoms with van der Waals surface area (Å²) in [7, 11) is 3.10. The van der Waals surface area contributed by atoms with Crippen LogP contribution in [0.1, 0.15) is 24.3 Å². The molecule has 1 aromatic rings. The summed E-state index contributed by atoms with van der Waals surface area (Å²) in [5.74, 6) is 2.02. The Balaban J connectivity index is 2.25. The van der Waals surface area contributed by atoms with Crippen LogP contribution < -0.4 is 4.74 Å². The zero-order valence-corrected chi connectivity index (χ0v) is 10.9. The molecule has 0 bridgehead atoms. The molecule has 3 nitrogen and oxygen atoms in total. The van der Waals surface area contributed by atoms with Crippen molar-refractivity contribution in [2.45, 2.75) is 23.7 Å². The van der Waals surface area contributed by atoms with Crippen molar-refractivity contribution in [3.8, 4) is 5.75 Å². The van der Waals surface area contributed by atoms with Gasteiger partial charge in [0.2, 0.25) is 0 Å². The van der Waals surface area contributed by atoms with Crippen molar-refractivity contribution in [1.82, 2.24) is 0 Å². The molecule has 0 aliphatic carbocycles. The topological polar surface area (TPSA) is 35.5 Å². The average Bonchev–Trinajstić information content (AvgIpc) is 2.38. The Labute approximate surface area is 105 Å². The number of carbonyl (C=O) groups is 1. The van der Waals surface area contributed by atoms with Crippen molar-refractivity contribution in [3.05, 3.63) is 23.8 Å². The Hall–Kier alpha value is -1.16. The van der Waals surface area contributed by atoms with E-state index in [9.17, 15) is 4.79 Å². The molecule has 1 unspecified atom stereocenters. The third-order valence-corrected chi connectivity index (χ3v) is 4.14. The Bertz CT molecular complexity index is 417. The first-order chi connectivity index (χ1) is 8.24. The molecule has 1 aliphatic heterocycles. The van der Waals surface area contributed by atoms with Crippen LogP contribution in [0.15, 0.2) is 23.1 Å². The zero-order chi connectivity index (χ0) is 12.3. The highest BCUT2D eigenvalue weighted by Gasteiger charge is 2.23. The molecule has 0 aromatic heterocycles. The third-order valence-electron chi connectivity index (χ3n) is 3.02. The highest BCUT2D eigenvalue weighted by atomic mass is 32.2. The third kappa shape index (κ3) is 2.75. The van der Waals surface area contributed by atoms with Crippen LogP contribution in [0, 0.1) is 0 Å². The van der Waals surface area contributed by atoms with Crippen LogP contribution in [0.2, 0.25) is 0 Å². The lowest BCUT2D eigenvalue weighted by Gasteiger charge is -2.24. The summed E-state index contributed by atoms with van der Waals surface area (Å²) in [5.41, 5.74) is 1.21. The standard InChI is InChI=1S/C13H16O3S/c1-15-10-3-4-12-11(8-10)9(5-6-17-12)7-13(14)16-2/h3-4,8-9H,5-7H2,1-2H3. The van der Waals surface area contributed by atoms with Gasteiger partial charge in [0.1, 0.15) is 5.75 Å².